The molecule has 1 rings (SSSR count). The van der Waals surface area contributed by atoms with Gasteiger partial charge in [-0.25, -0.2) is 4.79 Å². The smallest absolute Gasteiger partial charge is 0.328 e. The van der Waals surface area contributed by atoms with Gasteiger partial charge in [0.2, 0.25) is 0 Å². The van der Waals surface area contributed by atoms with Crippen molar-refractivity contribution in [2.45, 2.75) is 40.2 Å². The highest BCUT2D eigenvalue weighted by molar-refractivity contribution is 5.80. The molecule has 1 aromatic rings. The Morgan fingerprint density at radius 1 is 1.22 bits per heavy atom. The Morgan fingerprint density at radius 3 is 2.17 bits per heavy atom. The zero-order valence-electron chi connectivity index (χ0n) is 11.9. The minimum Gasteiger partial charge on any atom is -0.480 e. The maximum absolute atomic E-state index is 11.7. The van der Waals surface area contributed by atoms with Gasteiger partial charge in [-0.2, -0.15) is 0 Å². The number of aliphatic carboxylic acids is 1. The summed E-state index contributed by atoms with van der Waals surface area (Å²) >= 11 is 0. The molecule has 0 aliphatic carbocycles. The molecule has 18 heavy (non-hydrogen) atoms. The molecule has 1 atom stereocenters. The Morgan fingerprint density at radius 2 is 1.78 bits per heavy atom. The second-order valence-electron chi connectivity index (χ2n) is 4.85. The van der Waals surface area contributed by atoms with Gasteiger partial charge in [0.25, 0.3) is 0 Å². The zero-order valence-corrected chi connectivity index (χ0v) is 11.9. The lowest BCUT2D eigenvalue weighted by atomic mass is 9.88. The normalized spacial score (nSPS) is 14.6. The number of carboxylic acid groups (broad SMARTS) is 1. The van der Waals surface area contributed by atoms with Crippen LogP contribution in [0, 0.1) is 13.8 Å². The summed E-state index contributed by atoms with van der Waals surface area (Å²) in [5.74, 6) is -0.797. The second-order valence-corrected chi connectivity index (χ2v) is 4.85. The number of likely N-dealkylation sites (N-methyl/N-ethyl adjacent to an activating group) is 1. The Labute approximate surface area is 109 Å². The van der Waals surface area contributed by atoms with Crippen LogP contribution < -0.4 is 0 Å². The van der Waals surface area contributed by atoms with E-state index in [4.69, 9.17) is 0 Å². The van der Waals surface area contributed by atoms with Crippen molar-refractivity contribution in [1.29, 1.82) is 0 Å². The summed E-state index contributed by atoms with van der Waals surface area (Å²) in [6.07, 6.45) is 0. The summed E-state index contributed by atoms with van der Waals surface area (Å²) in [7, 11) is 0. The van der Waals surface area contributed by atoms with E-state index in [2.05, 4.69) is 0 Å². The number of aryl methyl sites for hydroxylation is 2. The molecular formula is C15H23NO2. The number of hydrogen-bond acceptors (Lipinski definition) is 2. The third-order valence-corrected chi connectivity index (χ3v) is 3.88. The van der Waals surface area contributed by atoms with Gasteiger partial charge in [-0.3, -0.25) is 4.90 Å². The van der Waals surface area contributed by atoms with E-state index in [1.807, 2.05) is 50.8 Å². The molecule has 0 saturated carbocycles. The molecule has 0 aliphatic rings. The second kappa shape index (κ2) is 5.53. The quantitative estimate of drug-likeness (QED) is 0.872. The lowest BCUT2D eigenvalue weighted by Gasteiger charge is -2.37. The van der Waals surface area contributed by atoms with E-state index in [1.54, 1.807) is 6.92 Å². The van der Waals surface area contributed by atoms with Crippen molar-refractivity contribution in [2.75, 3.05) is 13.1 Å². The lowest BCUT2D eigenvalue weighted by Crippen LogP contribution is -2.49. The van der Waals surface area contributed by atoms with Crippen molar-refractivity contribution in [1.82, 2.24) is 4.90 Å². The Hall–Kier alpha value is -1.35. The molecule has 1 aromatic carbocycles. The highest BCUT2D eigenvalue weighted by Crippen LogP contribution is 2.29. The van der Waals surface area contributed by atoms with E-state index >= 15 is 0 Å². The first kappa shape index (κ1) is 14.7. The molecular weight excluding hydrogens is 226 g/mol. The highest BCUT2D eigenvalue weighted by atomic mass is 16.4. The first-order chi connectivity index (χ1) is 8.37. The van der Waals surface area contributed by atoms with Crippen molar-refractivity contribution in [2.24, 2.45) is 0 Å². The van der Waals surface area contributed by atoms with Gasteiger partial charge in [0.15, 0.2) is 0 Å². The van der Waals surface area contributed by atoms with E-state index < -0.39 is 11.5 Å². The molecule has 0 amide bonds. The average molecular weight is 249 g/mol. The van der Waals surface area contributed by atoms with Crippen LogP contribution in [0.3, 0.4) is 0 Å². The van der Waals surface area contributed by atoms with Crippen LogP contribution in [0.2, 0.25) is 0 Å². The third-order valence-electron chi connectivity index (χ3n) is 3.88. The first-order valence-corrected chi connectivity index (χ1v) is 6.44. The summed E-state index contributed by atoms with van der Waals surface area (Å²) in [5.41, 5.74) is 2.21. The number of rotatable bonds is 5. The molecule has 0 spiro atoms. The van der Waals surface area contributed by atoms with Gasteiger partial charge in [0.05, 0.1) is 0 Å². The molecule has 0 fully saturated rings. The van der Waals surface area contributed by atoms with Gasteiger partial charge in [0.1, 0.15) is 5.54 Å². The minimum atomic E-state index is -0.956. The molecule has 0 radical (unpaired) electrons. The first-order valence-electron chi connectivity index (χ1n) is 6.44. The predicted octanol–water partition coefficient (Wildman–Crippen LogP) is 2.95. The minimum absolute atomic E-state index is 0.715. The molecule has 0 saturated heterocycles. The van der Waals surface area contributed by atoms with E-state index in [0.717, 1.165) is 11.1 Å². The number of hydrogen-bond donors (Lipinski definition) is 1. The lowest BCUT2D eigenvalue weighted by molar-refractivity contribution is -0.151. The molecule has 0 aliphatic heterocycles. The van der Waals surface area contributed by atoms with Crippen LogP contribution in [0.5, 0.6) is 0 Å². The van der Waals surface area contributed by atoms with Crippen LogP contribution in [0.1, 0.15) is 37.5 Å². The summed E-state index contributed by atoms with van der Waals surface area (Å²) in [6, 6.07) is 5.91. The molecule has 1 N–H and O–H groups in total. The van der Waals surface area contributed by atoms with Gasteiger partial charge >= 0.3 is 5.97 Å². The Balaban J connectivity index is 3.35. The highest BCUT2D eigenvalue weighted by Gasteiger charge is 2.40. The molecule has 0 bridgehead atoms. The molecule has 100 valence electrons. The number of nitrogens with zero attached hydrogens (tertiary/aromatic N) is 1. The fourth-order valence-corrected chi connectivity index (χ4v) is 2.34. The summed E-state index contributed by atoms with van der Waals surface area (Å²) in [6.45, 7) is 11.3. The summed E-state index contributed by atoms with van der Waals surface area (Å²) < 4.78 is 0. The van der Waals surface area contributed by atoms with Crippen LogP contribution >= 0.6 is 0 Å². The van der Waals surface area contributed by atoms with Gasteiger partial charge in [-0.05, 0) is 50.6 Å². The van der Waals surface area contributed by atoms with E-state index in [-0.39, 0.29) is 0 Å². The van der Waals surface area contributed by atoms with Crippen LogP contribution in [-0.4, -0.2) is 29.1 Å². The van der Waals surface area contributed by atoms with Gasteiger partial charge in [0, 0.05) is 0 Å². The van der Waals surface area contributed by atoms with E-state index in [1.165, 1.54) is 5.56 Å². The van der Waals surface area contributed by atoms with Crippen molar-refractivity contribution in [3.63, 3.8) is 0 Å². The van der Waals surface area contributed by atoms with E-state index in [0.29, 0.717) is 13.1 Å². The van der Waals surface area contributed by atoms with Crippen LogP contribution in [-0.2, 0) is 10.3 Å². The maximum atomic E-state index is 11.7. The topological polar surface area (TPSA) is 40.5 Å². The summed E-state index contributed by atoms with van der Waals surface area (Å²) in [5, 5.41) is 9.64. The number of carboxylic acids is 1. The maximum Gasteiger partial charge on any atom is 0.328 e. The van der Waals surface area contributed by atoms with Crippen LogP contribution in [0.15, 0.2) is 18.2 Å². The molecule has 0 heterocycles. The zero-order chi connectivity index (χ0) is 13.9. The fourth-order valence-electron chi connectivity index (χ4n) is 2.34. The van der Waals surface area contributed by atoms with Crippen molar-refractivity contribution < 1.29 is 9.90 Å². The summed E-state index contributed by atoms with van der Waals surface area (Å²) in [4.78, 5) is 13.7. The molecule has 3 nitrogen and oxygen atoms in total. The standard InChI is InChI=1S/C15H23NO2/c1-6-16(7-2)15(5,14(17)18)13-9-8-11(3)12(4)10-13/h8-10H,6-7H2,1-5H3,(H,17,18). The van der Waals surface area contributed by atoms with Gasteiger partial charge in [-0.15, -0.1) is 0 Å². The van der Waals surface area contributed by atoms with Crippen LogP contribution in [0.4, 0.5) is 0 Å². The fraction of sp³-hybridized carbons (Fsp3) is 0.533. The Bertz CT molecular complexity index is 438. The van der Waals surface area contributed by atoms with Crippen molar-refractivity contribution in [3.05, 3.63) is 34.9 Å². The molecule has 3 heteroatoms. The molecule has 0 aromatic heterocycles. The van der Waals surface area contributed by atoms with Crippen molar-refractivity contribution in [3.8, 4) is 0 Å². The monoisotopic (exact) mass is 249 g/mol. The van der Waals surface area contributed by atoms with Crippen molar-refractivity contribution >= 4 is 5.97 Å². The molecule has 1 unspecified atom stereocenters. The largest absolute Gasteiger partial charge is 0.480 e. The Kier molecular flexibility index (Phi) is 4.52. The SMILES string of the molecule is CCN(CC)C(C)(C(=O)O)c1ccc(C)c(C)c1. The van der Waals surface area contributed by atoms with Crippen LogP contribution in [0.25, 0.3) is 0 Å². The van der Waals surface area contributed by atoms with Gasteiger partial charge < -0.3 is 5.11 Å². The van der Waals surface area contributed by atoms with Gasteiger partial charge in [-0.1, -0.05) is 32.0 Å². The van der Waals surface area contributed by atoms with E-state index in [9.17, 15) is 9.90 Å². The number of carbonyl (C=O) groups is 1. The predicted molar refractivity (Wildman–Crippen MR) is 73.8 cm³/mol. The number of benzene rings is 1. The average Bonchev–Trinajstić information content (AvgIpc) is 2.33. The third kappa shape index (κ3) is 2.41.